The first-order valence-electron chi connectivity index (χ1n) is 10.5. The Morgan fingerprint density at radius 1 is 1.10 bits per heavy atom. The number of amides is 1. The van der Waals surface area contributed by atoms with Crippen molar-refractivity contribution in [1.82, 2.24) is 9.88 Å². The van der Waals surface area contributed by atoms with Gasteiger partial charge in [0.2, 0.25) is 0 Å². The Morgan fingerprint density at radius 2 is 1.83 bits per heavy atom. The highest BCUT2D eigenvalue weighted by molar-refractivity contribution is 5.85. The zero-order valence-electron chi connectivity index (χ0n) is 18.4. The number of benzene rings is 2. The number of nitrogens with zero attached hydrogens (tertiary/aromatic N) is 1. The number of aliphatic hydroxyl groups excluding tert-OH is 1. The summed E-state index contributed by atoms with van der Waals surface area (Å²) in [6, 6.07) is 14.3. The molecule has 2 N–H and O–H groups in total. The third-order valence-corrected chi connectivity index (χ3v) is 5.08. The van der Waals surface area contributed by atoms with Crippen LogP contribution >= 0.6 is 0 Å². The Balaban J connectivity index is 1.79. The lowest BCUT2D eigenvalue weighted by atomic mass is 10.1. The highest BCUT2D eigenvalue weighted by atomic mass is 16.6. The number of hydrogen-bond acceptors (Lipinski definition) is 3. The molecule has 0 saturated carbocycles. The van der Waals surface area contributed by atoms with E-state index in [2.05, 4.69) is 30.1 Å². The Morgan fingerprint density at radius 3 is 2.57 bits per heavy atom. The van der Waals surface area contributed by atoms with Gasteiger partial charge in [-0.15, -0.1) is 0 Å². The highest BCUT2D eigenvalue weighted by Gasteiger charge is 2.22. The van der Waals surface area contributed by atoms with E-state index in [0.29, 0.717) is 19.5 Å². The molecular formula is C25H32N2O3. The molecule has 0 aliphatic rings. The molecule has 0 radical (unpaired) electrons. The summed E-state index contributed by atoms with van der Waals surface area (Å²) in [5.74, 6) is 0. The smallest absolute Gasteiger partial charge is 0.410 e. The fraction of sp³-hybridized carbons (Fsp3) is 0.400. The third kappa shape index (κ3) is 5.63. The summed E-state index contributed by atoms with van der Waals surface area (Å²) in [4.78, 5) is 18.0. The lowest BCUT2D eigenvalue weighted by Crippen LogP contribution is -2.37. The quantitative estimate of drug-likeness (QED) is 0.579. The van der Waals surface area contributed by atoms with Crippen molar-refractivity contribution in [2.24, 2.45) is 0 Å². The van der Waals surface area contributed by atoms with E-state index >= 15 is 0 Å². The molecule has 0 unspecified atom stereocenters. The van der Waals surface area contributed by atoms with Crippen LogP contribution in [0.25, 0.3) is 10.9 Å². The minimum atomic E-state index is -0.550. The van der Waals surface area contributed by atoms with Crippen LogP contribution in [0.1, 0.15) is 43.0 Å². The molecule has 3 rings (SSSR count). The highest BCUT2D eigenvalue weighted by Crippen LogP contribution is 2.22. The van der Waals surface area contributed by atoms with Crippen molar-refractivity contribution in [3.05, 3.63) is 70.9 Å². The van der Waals surface area contributed by atoms with E-state index in [1.807, 2.05) is 51.2 Å². The fourth-order valence-corrected chi connectivity index (χ4v) is 3.62. The SMILES string of the molecule is Cc1cccc2c(CCN(Cc3cccc(CCO)c3)C(=O)OC(C)(C)C)c[nH]c12. The van der Waals surface area contributed by atoms with Gasteiger partial charge in [0, 0.05) is 36.8 Å². The number of aromatic amines is 1. The van der Waals surface area contributed by atoms with Crippen LogP contribution in [0.4, 0.5) is 4.79 Å². The predicted octanol–water partition coefficient (Wildman–Crippen LogP) is 4.99. The summed E-state index contributed by atoms with van der Waals surface area (Å²) < 4.78 is 5.67. The van der Waals surface area contributed by atoms with Crippen LogP contribution in [0, 0.1) is 6.92 Å². The minimum absolute atomic E-state index is 0.110. The van der Waals surface area contributed by atoms with Gasteiger partial charge in [-0.25, -0.2) is 4.79 Å². The zero-order valence-corrected chi connectivity index (χ0v) is 18.4. The summed E-state index contributed by atoms with van der Waals surface area (Å²) in [6.45, 7) is 8.87. The van der Waals surface area contributed by atoms with Crippen LogP contribution in [0.15, 0.2) is 48.7 Å². The Kier molecular flexibility index (Phi) is 6.83. The number of hydrogen-bond donors (Lipinski definition) is 2. The summed E-state index contributed by atoms with van der Waals surface area (Å²) in [6.07, 6.45) is 3.06. The number of carbonyl (C=O) groups is 1. The molecule has 30 heavy (non-hydrogen) atoms. The van der Waals surface area contributed by atoms with Crippen LogP contribution in [-0.4, -0.2) is 39.8 Å². The number of aromatic nitrogens is 1. The molecule has 0 fully saturated rings. The van der Waals surface area contributed by atoms with Crippen molar-refractivity contribution in [2.75, 3.05) is 13.2 Å². The summed E-state index contributed by atoms with van der Waals surface area (Å²) >= 11 is 0. The van der Waals surface area contributed by atoms with Crippen molar-refractivity contribution in [3.63, 3.8) is 0 Å². The van der Waals surface area contributed by atoms with Gasteiger partial charge in [0.15, 0.2) is 0 Å². The summed E-state index contributed by atoms with van der Waals surface area (Å²) in [7, 11) is 0. The molecule has 160 valence electrons. The zero-order chi connectivity index (χ0) is 21.7. The average Bonchev–Trinajstić information content (AvgIpc) is 3.09. The van der Waals surface area contributed by atoms with Gasteiger partial charge in [0.1, 0.15) is 5.60 Å². The van der Waals surface area contributed by atoms with Crippen LogP contribution in [-0.2, 0) is 24.1 Å². The molecule has 2 aromatic carbocycles. The van der Waals surface area contributed by atoms with Gasteiger partial charge in [0.05, 0.1) is 0 Å². The molecule has 1 heterocycles. The lowest BCUT2D eigenvalue weighted by Gasteiger charge is -2.27. The maximum Gasteiger partial charge on any atom is 0.410 e. The van der Waals surface area contributed by atoms with Gasteiger partial charge in [-0.05, 0) is 62.8 Å². The predicted molar refractivity (Wildman–Crippen MR) is 121 cm³/mol. The van der Waals surface area contributed by atoms with E-state index in [1.54, 1.807) is 4.90 Å². The largest absolute Gasteiger partial charge is 0.444 e. The van der Waals surface area contributed by atoms with E-state index in [9.17, 15) is 9.90 Å². The van der Waals surface area contributed by atoms with Gasteiger partial charge in [-0.2, -0.15) is 0 Å². The van der Waals surface area contributed by atoms with E-state index < -0.39 is 5.60 Å². The first kappa shape index (κ1) is 21.9. The second-order valence-corrected chi connectivity index (χ2v) is 8.76. The molecule has 1 amide bonds. The number of para-hydroxylation sites is 1. The third-order valence-electron chi connectivity index (χ3n) is 5.08. The number of fused-ring (bicyclic) bond motifs is 1. The first-order valence-corrected chi connectivity index (χ1v) is 10.5. The Hall–Kier alpha value is -2.79. The Labute approximate surface area is 178 Å². The molecule has 3 aromatic rings. The fourth-order valence-electron chi connectivity index (χ4n) is 3.62. The molecular weight excluding hydrogens is 376 g/mol. The molecule has 0 spiro atoms. The van der Waals surface area contributed by atoms with Crippen molar-refractivity contribution < 1.29 is 14.6 Å². The minimum Gasteiger partial charge on any atom is -0.444 e. The summed E-state index contributed by atoms with van der Waals surface area (Å²) in [5.41, 5.74) is 5.09. The van der Waals surface area contributed by atoms with Crippen LogP contribution < -0.4 is 0 Å². The van der Waals surface area contributed by atoms with Crippen molar-refractivity contribution >= 4 is 17.0 Å². The number of carbonyl (C=O) groups excluding carboxylic acids is 1. The van der Waals surface area contributed by atoms with E-state index in [-0.39, 0.29) is 12.7 Å². The van der Waals surface area contributed by atoms with Crippen LogP contribution in [0.3, 0.4) is 0 Å². The maximum absolute atomic E-state index is 12.9. The molecule has 0 atom stereocenters. The number of aryl methyl sites for hydroxylation is 1. The number of H-pyrrole nitrogens is 1. The maximum atomic E-state index is 12.9. The van der Waals surface area contributed by atoms with E-state index in [1.165, 1.54) is 16.5 Å². The van der Waals surface area contributed by atoms with Crippen LogP contribution in [0.2, 0.25) is 0 Å². The number of aliphatic hydroxyl groups is 1. The van der Waals surface area contributed by atoms with Gasteiger partial charge in [0.25, 0.3) is 0 Å². The van der Waals surface area contributed by atoms with E-state index in [4.69, 9.17) is 4.74 Å². The lowest BCUT2D eigenvalue weighted by molar-refractivity contribution is 0.0236. The Bertz CT molecular complexity index is 1000. The van der Waals surface area contributed by atoms with Crippen molar-refractivity contribution in [3.8, 4) is 0 Å². The monoisotopic (exact) mass is 408 g/mol. The topological polar surface area (TPSA) is 65.6 Å². The molecule has 1 aromatic heterocycles. The number of rotatable bonds is 7. The molecule has 5 heteroatoms. The van der Waals surface area contributed by atoms with Crippen LogP contribution in [0.5, 0.6) is 0 Å². The van der Waals surface area contributed by atoms with Gasteiger partial charge in [-0.3, -0.25) is 0 Å². The molecule has 5 nitrogen and oxygen atoms in total. The normalized spacial score (nSPS) is 11.6. The summed E-state index contributed by atoms with van der Waals surface area (Å²) in [5, 5.41) is 10.4. The molecule has 0 bridgehead atoms. The average molecular weight is 409 g/mol. The van der Waals surface area contributed by atoms with Crippen molar-refractivity contribution in [2.45, 2.75) is 52.7 Å². The van der Waals surface area contributed by atoms with Gasteiger partial charge >= 0.3 is 6.09 Å². The van der Waals surface area contributed by atoms with Crippen molar-refractivity contribution in [1.29, 1.82) is 0 Å². The molecule has 0 aliphatic carbocycles. The first-order chi connectivity index (χ1) is 14.3. The second-order valence-electron chi connectivity index (χ2n) is 8.76. The standard InChI is InChI=1S/C25H32N2O3/c1-18-7-5-10-22-21(16-26-23(18)22)11-13-27(24(29)30-25(2,3)4)17-20-9-6-8-19(15-20)12-14-28/h5-10,15-16,26,28H,11-14,17H2,1-4H3. The van der Waals surface area contributed by atoms with Gasteiger partial charge in [-0.1, -0.05) is 42.5 Å². The molecule has 0 aliphatic heterocycles. The second kappa shape index (κ2) is 9.35. The van der Waals surface area contributed by atoms with E-state index in [0.717, 1.165) is 23.1 Å². The van der Waals surface area contributed by atoms with Gasteiger partial charge < -0.3 is 19.7 Å². The molecule has 0 saturated heterocycles. The number of nitrogens with one attached hydrogen (secondary N) is 1. The number of ether oxygens (including phenoxy) is 1.